The van der Waals surface area contributed by atoms with Gasteiger partial charge in [-0.25, -0.2) is 18.7 Å². The molecule has 1 aliphatic carbocycles. The van der Waals surface area contributed by atoms with Crippen LogP contribution in [0, 0.1) is 0 Å². The maximum Gasteiger partial charge on any atom is 0.408 e. The molecule has 4 rings (SSSR count). The molecular weight excluding hydrogens is 521 g/mol. The molecule has 1 saturated heterocycles. The molecule has 202 valence electrons. The minimum Gasteiger partial charge on any atom is -0.393 e. The Labute approximate surface area is 213 Å². The average molecular weight is 548 g/mol. The van der Waals surface area contributed by atoms with Crippen molar-refractivity contribution >= 4 is 29.0 Å². The number of anilines is 1. The summed E-state index contributed by atoms with van der Waals surface area (Å²) in [5.74, 6) is -1.54. The molecule has 0 radical (unpaired) electrons. The predicted octanol–water partition coefficient (Wildman–Crippen LogP) is 4.38. The molecule has 2 atom stereocenters. The van der Waals surface area contributed by atoms with Crippen molar-refractivity contribution in [2.75, 3.05) is 11.9 Å². The van der Waals surface area contributed by atoms with E-state index in [1.54, 1.807) is 4.90 Å². The lowest BCUT2D eigenvalue weighted by Crippen LogP contribution is -2.46. The van der Waals surface area contributed by atoms with Crippen molar-refractivity contribution in [3.8, 4) is 10.4 Å². The van der Waals surface area contributed by atoms with Crippen LogP contribution in [-0.4, -0.2) is 68.7 Å². The zero-order chi connectivity index (χ0) is 27.1. The number of carbonyl (C=O) groups is 2. The van der Waals surface area contributed by atoms with Crippen molar-refractivity contribution in [3.05, 3.63) is 28.5 Å². The third kappa shape index (κ3) is 5.84. The van der Waals surface area contributed by atoms with Gasteiger partial charge in [-0.1, -0.05) is 0 Å². The average Bonchev–Trinajstić information content (AvgIpc) is 3.43. The van der Waals surface area contributed by atoms with Crippen LogP contribution in [0.3, 0.4) is 0 Å². The number of rotatable bonds is 7. The molecule has 2 fully saturated rings. The van der Waals surface area contributed by atoms with Crippen molar-refractivity contribution < 1.29 is 36.6 Å². The van der Waals surface area contributed by atoms with E-state index in [1.165, 1.54) is 0 Å². The second-order valence-corrected chi connectivity index (χ2v) is 10.3. The lowest BCUT2D eigenvalue weighted by atomic mass is 9.89. The highest BCUT2D eigenvalue weighted by atomic mass is 32.1. The Kier molecular flexibility index (Phi) is 7.70. The Morgan fingerprint density at radius 1 is 1.27 bits per heavy atom. The topological polar surface area (TPSA) is 107 Å². The SMILES string of the molecule is C[C@H](Nc1cc(C(F)F)c(-c2sc(C(=O)NC3CC(O)C3)nc2C(=O)N2CCC[C@@H]2C)cn1)C(F)(F)F. The van der Waals surface area contributed by atoms with E-state index in [0.29, 0.717) is 19.4 Å². The van der Waals surface area contributed by atoms with Crippen LogP contribution >= 0.6 is 11.3 Å². The highest BCUT2D eigenvalue weighted by Crippen LogP contribution is 2.39. The molecule has 1 saturated carbocycles. The fraction of sp³-hybridized carbons (Fsp3) is 0.565. The van der Waals surface area contributed by atoms with Gasteiger partial charge in [0.05, 0.1) is 11.0 Å². The van der Waals surface area contributed by atoms with E-state index in [2.05, 4.69) is 20.6 Å². The summed E-state index contributed by atoms with van der Waals surface area (Å²) in [6.07, 6.45) is -5.03. The Morgan fingerprint density at radius 2 is 1.97 bits per heavy atom. The number of aromatic nitrogens is 2. The molecule has 2 aromatic heterocycles. The Bertz CT molecular complexity index is 1170. The second-order valence-electron chi connectivity index (χ2n) is 9.35. The van der Waals surface area contributed by atoms with Crippen LogP contribution in [0.25, 0.3) is 10.4 Å². The normalized spacial score (nSPS) is 22.6. The lowest BCUT2D eigenvalue weighted by Gasteiger charge is -2.31. The first kappa shape index (κ1) is 27.2. The lowest BCUT2D eigenvalue weighted by molar-refractivity contribution is -0.138. The number of alkyl halides is 5. The zero-order valence-corrected chi connectivity index (χ0v) is 20.8. The van der Waals surface area contributed by atoms with Crippen LogP contribution in [0.2, 0.25) is 0 Å². The van der Waals surface area contributed by atoms with Gasteiger partial charge in [-0.15, -0.1) is 11.3 Å². The standard InChI is InChI=1S/C23H26F5N5O3S/c1-10-4-3-5-33(10)22(36)17-18(37-21(32-17)20(35)31-12-6-13(34)7-12)15-9-29-16(8-14(15)19(24)25)30-11(2)23(26,27)28/h8-13,19,34H,3-7H2,1-2H3,(H,29,30)(H,31,35)/t10-,11-,12?,13?/m0/s1. The maximum atomic E-state index is 14.1. The summed E-state index contributed by atoms with van der Waals surface area (Å²) in [5.41, 5.74) is -1.02. The number of hydrogen-bond donors (Lipinski definition) is 3. The van der Waals surface area contributed by atoms with Crippen molar-refractivity contribution in [1.82, 2.24) is 20.2 Å². The molecule has 37 heavy (non-hydrogen) atoms. The summed E-state index contributed by atoms with van der Waals surface area (Å²) in [7, 11) is 0. The minimum absolute atomic E-state index is 0.0129. The van der Waals surface area contributed by atoms with Crippen molar-refractivity contribution in [2.45, 2.75) is 76.4 Å². The molecule has 2 aliphatic rings. The number of thiazole rings is 1. The van der Waals surface area contributed by atoms with Crippen LogP contribution in [0.4, 0.5) is 27.8 Å². The molecule has 3 heterocycles. The van der Waals surface area contributed by atoms with E-state index in [9.17, 15) is 36.6 Å². The highest BCUT2D eigenvalue weighted by Gasteiger charge is 2.37. The summed E-state index contributed by atoms with van der Waals surface area (Å²) in [6, 6.07) is -1.61. The van der Waals surface area contributed by atoms with Crippen LogP contribution in [0.1, 0.15) is 71.8 Å². The van der Waals surface area contributed by atoms with Crippen LogP contribution < -0.4 is 10.6 Å². The van der Waals surface area contributed by atoms with E-state index in [4.69, 9.17) is 0 Å². The molecule has 1 aliphatic heterocycles. The number of hydrogen-bond acceptors (Lipinski definition) is 7. The fourth-order valence-corrected chi connectivity index (χ4v) is 5.28. The van der Waals surface area contributed by atoms with Gasteiger partial charge < -0.3 is 20.6 Å². The van der Waals surface area contributed by atoms with E-state index in [1.807, 2.05) is 6.92 Å². The molecule has 8 nitrogen and oxygen atoms in total. The van der Waals surface area contributed by atoms with Crippen LogP contribution in [0.5, 0.6) is 0 Å². The number of amides is 2. The van der Waals surface area contributed by atoms with E-state index in [0.717, 1.165) is 43.4 Å². The number of carbonyl (C=O) groups excluding carboxylic acids is 2. The molecule has 2 amide bonds. The quantitative estimate of drug-likeness (QED) is 0.444. The fourth-order valence-electron chi connectivity index (χ4n) is 4.29. The first-order valence-electron chi connectivity index (χ1n) is 11.8. The first-order valence-corrected chi connectivity index (χ1v) is 12.6. The number of aliphatic hydroxyl groups is 1. The summed E-state index contributed by atoms with van der Waals surface area (Å²) in [6.45, 7) is 3.12. The number of nitrogens with zero attached hydrogens (tertiary/aromatic N) is 3. The molecule has 2 aromatic rings. The third-order valence-electron chi connectivity index (χ3n) is 6.56. The van der Waals surface area contributed by atoms with Crippen LogP contribution in [0.15, 0.2) is 12.3 Å². The first-order chi connectivity index (χ1) is 17.3. The number of halogens is 5. The van der Waals surface area contributed by atoms with Gasteiger partial charge in [-0.05, 0) is 45.6 Å². The summed E-state index contributed by atoms with van der Waals surface area (Å²) in [4.78, 5) is 35.8. The zero-order valence-electron chi connectivity index (χ0n) is 20.0. The predicted molar refractivity (Wildman–Crippen MR) is 126 cm³/mol. The van der Waals surface area contributed by atoms with Crippen LogP contribution in [-0.2, 0) is 0 Å². The highest BCUT2D eigenvalue weighted by molar-refractivity contribution is 7.17. The molecule has 0 bridgehead atoms. The van der Waals surface area contributed by atoms with Gasteiger partial charge in [0.2, 0.25) is 0 Å². The molecular formula is C23H26F5N5O3S. The molecule has 0 spiro atoms. The molecule has 14 heteroatoms. The van der Waals surface area contributed by atoms with Gasteiger partial charge in [0.15, 0.2) is 5.01 Å². The molecule has 0 aromatic carbocycles. The van der Waals surface area contributed by atoms with Gasteiger partial charge in [0, 0.05) is 36.0 Å². The largest absolute Gasteiger partial charge is 0.408 e. The summed E-state index contributed by atoms with van der Waals surface area (Å²) >= 11 is 0.735. The van der Waals surface area contributed by atoms with Gasteiger partial charge in [-0.3, -0.25) is 9.59 Å². The summed E-state index contributed by atoms with van der Waals surface area (Å²) < 4.78 is 67.0. The Balaban J connectivity index is 1.73. The van der Waals surface area contributed by atoms with E-state index >= 15 is 0 Å². The van der Waals surface area contributed by atoms with Gasteiger partial charge in [0.1, 0.15) is 17.6 Å². The number of aliphatic hydroxyl groups excluding tert-OH is 1. The number of nitrogens with one attached hydrogen (secondary N) is 2. The maximum absolute atomic E-state index is 14.1. The van der Waals surface area contributed by atoms with Crippen molar-refractivity contribution in [1.29, 1.82) is 0 Å². The summed E-state index contributed by atoms with van der Waals surface area (Å²) in [5, 5.41) is 14.1. The Hall–Kier alpha value is -2.87. The van der Waals surface area contributed by atoms with E-state index < -0.39 is 47.9 Å². The Morgan fingerprint density at radius 3 is 2.54 bits per heavy atom. The molecule has 0 unspecified atom stereocenters. The molecule has 3 N–H and O–H groups in total. The second kappa shape index (κ2) is 10.5. The van der Waals surface area contributed by atoms with Gasteiger partial charge in [-0.2, -0.15) is 13.2 Å². The smallest absolute Gasteiger partial charge is 0.393 e. The third-order valence-corrected chi connectivity index (χ3v) is 7.64. The van der Waals surface area contributed by atoms with Gasteiger partial charge in [0.25, 0.3) is 18.2 Å². The number of pyridine rings is 1. The minimum atomic E-state index is -4.62. The van der Waals surface area contributed by atoms with Crippen molar-refractivity contribution in [2.24, 2.45) is 0 Å². The van der Waals surface area contributed by atoms with E-state index in [-0.39, 0.29) is 33.2 Å². The monoisotopic (exact) mass is 547 g/mol. The van der Waals surface area contributed by atoms with Crippen molar-refractivity contribution in [3.63, 3.8) is 0 Å². The van der Waals surface area contributed by atoms with Gasteiger partial charge >= 0.3 is 6.18 Å². The number of likely N-dealkylation sites (tertiary alicyclic amines) is 1.